The molecule has 2 N–H and O–H groups in total. The van der Waals surface area contributed by atoms with Crippen molar-refractivity contribution >= 4 is 11.9 Å². The lowest BCUT2D eigenvalue weighted by Crippen LogP contribution is -2.39. The Kier molecular flexibility index (Phi) is 5.59. The van der Waals surface area contributed by atoms with Gasteiger partial charge in [0, 0.05) is 6.42 Å². The zero-order valence-corrected chi connectivity index (χ0v) is 10.0. The van der Waals surface area contributed by atoms with E-state index in [2.05, 4.69) is 11.2 Å². The predicted molar refractivity (Wildman–Crippen MR) is 61.7 cm³/mol. The van der Waals surface area contributed by atoms with Gasteiger partial charge in [0.1, 0.15) is 0 Å². The topological polar surface area (TPSA) is 66.4 Å². The van der Waals surface area contributed by atoms with Crippen molar-refractivity contribution in [3.8, 4) is 12.3 Å². The van der Waals surface area contributed by atoms with Gasteiger partial charge in [-0.3, -0.25) is 9.59 Å². The van der Waals surface area contributed by atoms with Crippen molar-refractivity contribution in [3.05, 3.63) is 0 Å². The SMILES string of the molecule is C#CC(C)NC(=O)CC(CC)(CC)C(=O)O. The summed E-state index contributed by atoms with van der Waals surface area (Å²) in [5.74, 6) is 1.13. The van der Waals surface area contributed by atoms with E-state index < -0.39 is 11.4 Å². The van der Waals surface area contributed by atoms with Gasteiger partial charge in [-0.1, -0.05) is 19.8 Å². The Hall–Kier alpha value is -1.50. The van der Waals surface area contributed by atoms with E-state index in [1.54, 1.807) is 20.8 Å². The van der Waals surface area contributed by atoms with E-state index >= 15 is 0 Å². The summed E-state index contributed by atoms with van der Waals surface area (Å²) in [6, 6.07) is -0.368. The van der Waals surface area contributed by atoms with Gasteiger partial charge in [0.15, 0.2) is 0 Å². The molecule has 0 fully saturated rings. The van der Waals surface area contributed by atoms with Crippen LogP contribution in [0.15, 0.2) is 0 Å². The molecule has 0 saturated carbocycles. The number of aliphatic carboxylic acids is 1. The summed E-state index contributed by atoms with van der Waals surface area (Å²) in [5, 5.41) is 11.7. The lowest BCUT2D eigenvalue weighted by molar-refractivity contribution is -0.152. The highest BCUT2D eigenvalue weighted by molar-refractivity contribution is 5.85. The highest BCUT2D eigenvalue weighted by Gasteiger charge is 2.37. The Balaban J connectivity index is 4.60. The summed E-state index contributed by atoms with van der Waals surface area (Å²) < 4.78 is 0. The molecule has 4 heteroatoms. The number of terminal acetylenes is 1. The second-order valence-electron chi connectivity index (χ2n) is 3.93. The molecular formula is C12H19NO3. The second kappa shape index (κ2) is 6.16. The lowest BCUT2D eigenvalue weighted by Gasteiger charge is -2.26. The minimum atomic E-state index is -0.974. The van der Waals surface area contributed by atoms with Gasteiger partial charge in [-0.2, -0.15) is 0 Å². The molecule has 0 aliphatic rings. The first-order chi connectivity index (χ1) is 7.41. The zero-order chi connectivity index (χ0) is 12.8. The number of hydrogen-bond donors (Lipinski definition) is 2. The molecule has 1 unspecified atom stereocenters. The average Bonchev–Trinajstić information content (AvgIpc) is 2.25. The fourth-order valence-electron chi connectivity index (χ4n) is 1.52. The third-order valence-electron chi connectivity index (χ3n) is 2.93. The van der Waals surface area contributed by atoms with Gasteiger partial charge < -0.3 is 10.4 Å². The van der Waals surface area contributed by atoms with Crippen molar-refractivity contribution in [2.24, 2.45) is 5.41 Å². The van der Waals surface area contributed by atoms with Crippen molar-refractivity contribution in [1.82, 2.24) is 5.32 Å². The molecule has 1 atom stereocenters. The van der Waals surface area contributed by atoms with E-state index in [0.29, 0.717) is 12.8 Å². The van der Waals surface area contributed by atoms with E-state index in [1.807, 2.05) is 0 Å². The fourth-order valence-corrected chi connectivity index (χ4v) is 1.52. The van der Waals surface area contributed by atoms with Crippen LogP contribution in [0, 0.1) is 17.8 Å². The molecule has 0 heterocycles. The summed E-state index contributed by atoms with van der Waals surface area (Å²) in [5.41, 5.74) is -0.974. The maximum Gasteiger partial charge on any atom is 0.310 e. The van der Waals surface area contributed by atoms with E-state index in [0.717, 1.165) is 0 Å². The molecule has 0 aromatic heterocycles. The van der Waals surface area contributed by atoms with Crippen molar-refractivity contribution < 1.29 is 14.7 Å². The van der Waals surface area contributed by atoms with Gasteiger partial charge in [0.2, 0.25) is 5.91 Å². The van der Waals surface area contributed by atoms with Crippen LogP contribution < -0.4 is 5.32 Å². The molecule has 1 amide bonds. The highest BCUT2D eigenvalue weighted by atomic mass is 16.4. The molecule has 0 saturated heterocycles. The summed E-state index contributed by atoms with van der Waals surface area (Å²) in [4.78, 5) is 22.7. The first-order valence-corrected chi connectivity index (χ1v) is 5.40. The fraction of sp³-hybridized carbons (Fsp3) is 0.667. The number of carboxylic acids is 1. The van der Waals surface area contributed by atoms with Crippen LogP contribution in [-0.4, -0.2) is 23.0 Å². The smallest absolute Gasteiger partial charge is 0.310 e. The highest BCUT2D eigenvalue weighted by Crippen LogP contribution is 2.30. The van der Waals surface area contributed by atoms with Crippen molar-refractivity contribution in [1.29, 1.82) is 0 Å². The van der Waals surface area contributed by atoms with Crippen LogP contribution in [0.5, 0.6) is 0 Å². The summed E-state index contributed by atoms with van der Waals surface area (Å²) >= 11 is 0. The average molecular weight is 225 g/mol. The Morgan fingerprint density at radius 1 is 1.44 bits per heavy atom. The quantitative estimate of drug-likeness (QED) is 0.671. The molecule has 0 bridgehead atoms. The van der Waals surface area contributed by atoms with E-state index in [-0.39, 0.29) is 18.4 Å². The lowest BCUT2D eigenvalue weighted by atomic mass is 9.79. The number of carboxylic acid groups (broad SMARTS) is 1. The standard InChI is InChI=1S/C12H19NO3/c1-5-9(4)13-10(14)8-12(6-2,7-3)11(15)16/h1,9H,6-8H2,2-4H3,(H,13,14)(H,15,16). The number of carbonyl (C=O) groups is 2. The first-order valence-electron chi connectivity index (χ1n) is 5.40. The van der Waals surface area contributed by atoms with Crippen LogP contribution in [0.2, 0.25) is 0 Å². The monoisotopic (exact) mass is 225 g/mol. The van der Waals surface area contributed by atoms with Gasteiger partial charge in [0.25, 0.3) is 0 Å². The van der Waals surface area contributed by atoms with Crippen molar-refractivity contribution in [3.63, 3.8) is 0 Å². The largest absolute Gasteiger partial charge is 0.481 e. The molecule has 0 aromatic carbocycles. The van der Waals surface area contributed by atoms with Gasteiger partial charge in [0.05, 0.1) is 11.5 Å². The summed E-state index contributed by atoms with van der Waals surface area (Å²) in [6.07, 6.45) is 5.96. The van der Waals surface area contributed by atoms with E-state index in [1.165, 1.54) is 0 Å². The first kappa shape index (κ1) is 14.5. The molecule has 4 nitrogen and oxygen atoms in total. The Morgan fingerprint density at radius 3 is 2.25 bits per heavy atom. The predicted octanol–water partition coefficient (Wildman–Crippen LogP) is 1.41. The van der Waals surface area contributed by atoms with Crippen LogP contribution in [0.25, 0.3) is 0 Å². The number of carbonyl (C=O) groups excluding carboxylic acids is 1. The van der Waals surface area contributed by atoms with E-state index in [4.69, 9.17) is 11.5 Å². The summed E-state index contributed by atoms with van der Waals surface area (Å²) in [6.45, 7) is 5.23. The minimum Gasteiger partial charge on any atom is -0.481 e. The molecule has 90 valence electrons. The molecule has 0 aliphatic heterocycles. The maximum atomic E-state index is 11.6. The molecule has 0 aromatic rings. The Morgan fingerprint density at radius 2 is 1.94 bits per heavy atom. The van der Waals surface area contributed by atoms with Gasteiger partial charge in [-0.25, -0.2) is 0 Å². The molecule has 0 aliphatic carbocycles. The number of amides is 1. The summed E-state index contributed by atoms with van der Waals surface area (Å²) in [7, 11) is 0. The van der Waals surface area contributed by atoms with Crippen LogP contribution in [0.3, 0.4) is 0 Å². The zero-order valence-electron chi connectivity index (χ0n) is 10.0. The van der Waals surface area contributed by atoms with Gasteiger partial charge in [-0.15, -0.1) is 6.42 Å². The Bertz CT molecular complexity index is 300. The van der Waals surface area contributed by atoms with Crippen LogP contribution >= 0.6 is 0 Å². The number of nitrogens with one attached hydrogen (secondary N) is 1. The molecule has 0 radical (unpaired) electrons. The van der Waals surface area contributed by atoms with Crippen LogP contribution in [0.4, 0.5) is 0 Å². The van der Waals surface area contributed by atoms with Crippen LogP contribution in [-0.2, 0) is 9.59 Å². The normalized spacial score (nSPS) is 12.6. The number of hydrogen-bond acceptors (Lipinski definition) is 2. The Labute approximate surface area is 96.4 Å². The molecule has 16 heavy (non-hydrogen) atoms. The number of rotatable bonds is 6. The molecule has 0 rings (SSSR count). The maximum absolute atomic E-state index is 11.6. The van der Waals surface area contributed by atoms with E-state index in [9.17, 15) is 9.59 Å². The van der Waals surface area contributed by atoms with Crippen LogP contribution in [0.1, 0.15) is 40.0 Å². The second-order valence-corrected chi connectivity index (χ2v) is 3.93. The third-order valence-corrected chi connectivity index (χ3v) is 2.93. The van der Waals surface area contributed by atoms with Gasteiger partial charge in [-0.05, 0) is 19.8 Å². The van der Waals surface area contributed by atoms with Gasteiger partial charge >= 0.3 is 5.97 Å². The molecular weight excluding hydrogens is 206 g/mol. The third kappa shape index (κ3) is 3.58. The van der Waals surface area contributed by atoms with Crippen molar-refractivity contribution in [2.75, 3.05) is 0 Å². The minimum absolute atomic E-state index is 0.0264. The molecule has 0 spiro atoms. The van der Waals surface area contributed by atoms with Crippen molar-refractivity contribution in [2.45, 2.75) is 46.1 Å².